The first-order valence-electron chi connectivity index (χ1n) is 17.2. The number of halogens is 1. The topological polar surface area (TPSA) is 118 Å². The first-order valence-corrected chi connectivity index (χ1v) is 17.5. The molecule has 0 unspecified atom stereocenters. The summed E-state index contributed by atoms with van der Waals surface area (Å²) in [4.78, 5) is 49.4. The highest BCUT2D eigenvalue weighted by atomic mass is 35.5. The number of nitrogens with one attached hydrogen (secondary N) is 1. The molecule has 5 rings (SSSR count). The predicted molar refractivity (Wildman–Crippen MR) is 189 cm³/mol. The van der Waals surface area contributed by atoms with E-state index in [-0.39, 0.29) is 36.7 Å². The van der Waals surface area contributed by atoms with Crippen LogP contribution in [0.15, 0.2) is 36.7 Å². The summed E-state index contributed by atoms with van der Waals surface area (Å²) in [7, 11) is 1.61. The van der Waals surface area contributed by atoms with Crippen molar-refractivity contribution in [3.63, 3.8) is 0 Å². The number of likely N-dealkylation sites (tertiary alicyclic amines) is 1. The number of amides is 4. The Kier molecular flexibility index (Phi) is 11.5. The molecule has 1 N–H and O–H groups in total. The molecule has 0 spiro atoms. The van der Waals surface area contributed by atoms with Crippen LogP contribution in [0.4, 0.5) is 15.3 Å². The smallest absolute Gasteiger partial charge is 0.410 e. The average molecular weight is 697 g/mol. The third-order valence-corrected chi connectivity index (χ3v) is 9.19. The second-order valence-electron chi connectivity index (χ2n) is 13.8. The van der Waals surface area contributed by atoms with E-state index in [1.807, 2.05) is 56.9 Å². The van der Waals surface area contributed by atoms with E-state index in [0.29, 0.717) is 66.8 Å². The molecule has 2 saturated heterocycles. The number of pyridine rings is 1. The molecule has 2 aliphatic heterocycles. The van der Waals surface area contributed by atoms with Crippen molar-refractivity contribution in [1.82, 2.24) is 24.7 Å². The minimum atomic E-state index is -0.582. The van der Waals surface area contributed by atoms with Crippen molar-refractivity contribution in [2.24, 2.45) is 0 Å². The van der Waals surface area contributed by atoms with Gasteiger partial charge in [0.25, 0.3) is 0 Å². The number of benzene rings is 1. The van der Waals surface area contributed by atoms with E-state index in [4.69, 9.17) is 25.8 Å². The van der Waals surface area contributed by atoms with Gasteiger partial charge in [0.05, 0.1) is 18.7 Å². The van der Waals surface area contributed by atoms with Gasteiger partial charge >= 0.3 is 12.1 Å². The van der Waals surface area contributed by atoms with Crippen LogP contribution in [-0.4, -0.2) is 88.4 Å². The summed E-state index contributed by atoms with van der Waals surface area (Å²) in [6, 6.07) is 7.18. The van der Waals surface area contributed by atoms with Crippen molar-refractivity contribution in [2.75, 3.05) is 38.3 Å². The number of unbranched alkanes of at least 4 members (excludes halogenated alkanes) is 2. The number of methoxy groups -OCH3 is 1. The maximum atomic E-state index is 14.0. The molecule has 49 heavy (non-hydrogen) atoms. The number of carbonyl (C=O) groups excluding carboxylic acids is 3. The fourth-order valence-electron chi connectivity index (χ4n) is 6.32. The Labute approximate surface area is 293 Å². The maximum absolute atomic E-state index is 14.0. The van der Waals surface area contributed by atoms with Gasteiger partial charge in [-0.25, -0.2) is 14.6 Å². The molecular formula is C36H49ClN6O6. The number of ether oxygens (including phenoxy) is 3. The van der Waals surface area contributed by atoms with Crippen molar-refractivity contribution in [3.05, 3.63) is 47.2 Å². The number of rotatable bonds is 12. The van der Waals surface area contributed by atoms with Crippen LogP contribution in [0.25, 0.3) is 11.0 Å². The normalized spacial score (nSPS) is 18.3. The molecule has 0 bridgehead atoms. The van der Waals surface area contributed by atoms with E-state index in [1.165, 1.54) is 0 Å². The Bertz CT molecular complexity index is 1650. The number of hydrogen-bond acceptors (Lipinski definition) is 7. The third-order valence-electron chi connectivity index (χ3n) is 8.90. The molecule has 4 amide bonds. The molecule has 0 aliphatic carbocycles. The third kappa shape index (κ3) is 8.70. The lowest BCUT2D eigenvalue weighted by atomic mass is 10.1. The highest BCUT2D eigenvalue weighted by Gasteiger charge is 2.34. The molecule has 4 heterocycles. The minimum absolute atomic E-state index is 0.00623. The van der Waals surface area contributed by atoms with Crippen molar-refractivity contribution in [3.8, 4) is 11.5 Å². The maximum Gasteiger partial charge on any atom is 0.410 e. The summed E-state index contributed by atoms with van der Waals surface area (Å²) in [5, 5.41) is 4.20. The van der Waals surface area contributed by atoms with E-state index >= 15 is 0 Å². The average Bonchev–Trinajstić information content (AvgIpc) is 3.65. The summed E-state index contributed by atoms with van der Waals surface area (Å²) in [6.45, 7) is 12.1. The number of carbonyl (C=O) groups is 3. The molecule has 2 aromatic heterocycles. The fourth-order valence-corrected chi connectivity index (χ4v) is 6.64. The van der Waals surface area contributed by atoms with Gasteiger partial charge in [-0.3, -0.25) is 9.69 Å². The van der Waals surface area contributed by atoms with Crippen LogP contribution in [0.5, 0.6) is 11.5 Å². The molecule has 2 fully saturated rings. The van der Waals surface area contributed by atoms with Crippen molar-refractivity contribution in [2.45, 2.75) is 97.5 Å². The summed E-state index contributed by atoms with van der Waals surface area (Å²) in [5.74, 6) is 1.05. The minimum Gasteiger partial charge on any atom is -0.493 e. The summed E-state index contributed by atoms with van der Waals surface area (Å²) in [5.41, 5.74) is 1.57. The van der Waals surface area contributed by atoms with Crippen molar-refractivity contribution >= 4 is 46.4 Å². The van der Waals surface area contributed by atoms with E-state index in [9.17, 15) is 14.4 Å². The van der Waals surface area contributed by atoms with Gasteiger partial charge in [0.15, 0.2) is 11.5 Å². The Balaban J connectivity index is 1.27. The second kappa shape index (κ2) is 15.6. The van der Waals surface area contributed by atoms with Gasteiger partial charge in [0.1, 0.15) is 17.8 Å². The lowest BCUT2D eigenvalue weighted by Crippen LogP contribution is -2.53. The number of nitrogens with zero attached hydrogens (tertiary/aromatic N) is 5. The summed E-state index contributed by atoms with van der Waals surface area (Å²) in [6.07, 6.45) is 7.56. The lowest BCUT2D eigenvalue weighted by molar-refractivity contribution is -0.122. The van der Waals surface area contributed by atoms with Crippen LogP contribution in [-0.2, 0) is 22.6 Å². The Morgan fingerprint density at radius 1 is 1.10 bits per heavy atom. The monoisotopic (exact) mass is 696 g/mol. The molecular weight excluding hydrogens is 648 g/mol. The Morgan fingerprint density at radius 3 is 2.63 bits per heavy atom. The van der Waals surface area contributed by atoms with Crippen LogP contribution in [0.1, 0.15) is 72.3 Å². The number of urea groups is 1. The molecule has 0 radical (unpaired) electrons. The number of anilines is 1. The molecule has 2 atom stereocenters. The second-order valence-corrected chi connectivity index (χ2v) is 14.3. The summed E-state index contributed by atoms with van der Waals surface area (Å²) >= 11 is 6.78. The molecule has 13 heteroatoms. The first-order chi connectivity index (χ1) is 23.4. The van der Waals surface area contributed by atoms with Gasteiger partial charge in [-0.15, -0.1) is 0 Å². The van der Waals surface area contributed by atoms with Gasteiger partial charge in [0, 0.05) is 67.8 Å². The predicted octanol–water partition coefficient (Wildman–Crippen LogP) is 6.61. The molecule has 2 aliphatic rings. The summed E-state index contributed by atoms with van der Waals surface area (Å²) < 4.78 is 18.8. The van der Waals surface area contributed by atoms with Crippen molar-refractivity contribution < 1.29 is 28.6 Å². The van der Waals surface area contributed by atoms with Gasteiger partial charge in [-0.1, -0.05) is 31.4 Å². The van der Waals surface area contributed by atoms with Gasteiger partial charge in [0.2, 0.25) is 5.91 Å². The van der Waals surface area contributed by atoms with Crippen LogP contribution in [0, 0.1) is 0 Å². The van der Waals surface area contributed by atoms with Crippen LogP contribution < -0.4 is 19.7 Å². The quantitative estimate of drug-likeness (QED) is 0.212. The van der Waals surface area contributed by atoms with E-state index in [1.54, 1.807) is 33.9 Å². The number of hydrogen-bond donors (Lipinski definition) is 1. The zero-order valence-corrected chi connectivity index (χ0v) is 30.2. The van der Waals surface area contributed by atoms with E-state index in [2.05, 4.69) is 17.2 Å². The highest BCUT2D eigenvalue weighted by Crippen LogP contribution is 2.35. The lowest BCUT2D eigenvalue weighted by Gasteiger charge is -2.40. The molecule has 0 saturated carbocycles. The SMILES string of the molecule is CCCCCOc1cc(N2CC[C@H](C)N(Cc3ccnc4c3c(Cl)cn4CC(=O)N[C@H]3CCN(C(=O)OC(C)(C)C)C3)C2=O)ccc1OC. The van der Waals surface area contributed by atoms with Crippen molar-refractivity contribution in [1.29, 1.82) is 0 Å². The van der Waals surface area contributed by atoms with Gasteiger partial charge in [-0.05, 0) is 70.7 Å². The van der Waals surface area contributed by atoms with E-state index < -0.39 is 5.60 Å². The fraction of sp³-hybridized carbons (Fsp3) is 0.556. The Morgan fingerprint density at radius 2 is 1.90 bits per heavy atom. The molecule has 12 nitrogen and oxygen atoms in total. The first kappa shape index (κ1) is 36.1. The number of aromatic nitrogens is 2. The zero-order chi connectivity index (χ0) is 35.3. The van der Waals surface area contributed by atoms with Crippen LogP contribution in [0.3, 0.4) is 0 Å². The Hall–Kier alpha value is -4.19. The largest absolute Gasteiger partial charge is 0.493 e. The highest BCUT2D eigenvalue weighted by molar-refractivity contribution is 6.35. The van der Waals surface area contributed by atoms with Crippen LogP contribution in [0.2, 0.25) is 5.02 Å². The van der Waals surface area contributed by atoms with Crippen LogP contribution >= 0.6 is 11.6 Å². The van der Waals surface area contributed by atoms with Gasteiger partial charge in [-0.2, -0.15) is 0 Å². The molecule has 3 aromatic rings. The van der Waals surface area contributed by atoms with Gasteiger partial charge < -0.3 is 33.9 Å². The standard InChI is InChI=1S/C36H49ClN6O6/c1-7-8-9-18-48-30-19-27(10-11-29(30)47-6)42-17-13-24(2)43(34(42)45)20-25-12-15-38-33-32(25)28(37)22-41(33)23-31(44)39-26-14-16-40(21-26)35(46)49-36(3,4)5/h10-12,15,19,22,24,26H,7-9,13-14,16-18,20-21,23H2,1-6H3,(H,39,44)/t24-,26-/m0/s1. The molecule has 1 aromatic carbocycles. The number of fused-ring (bicyclic) bond motifs is 1. The molecule has 266 valence electrons. The van der Waals surface area contributed by atoms with E-state index in [0.717, 1.165) is 36.9 Å². The zero-order valence-electron chi connectivity index (χ0n) is 29.5.